The summed E-state index contributed by atoms with van der Waals surface area (Å²) in [5.74, 6) is -0.542. The molecule has 0 heterocycles. The molecular formula is C20H29NO3. The summed E-state index contributed by atoms with van der Waals surface area (Å²) in [4.78, 5) is 24.0. The lowest BCUT2D eigenvalue weighted by Crippen LogP contribution is -2.46. The van der Waals surface area contributed by atoms with Crippen LogP contribution in [-0.2, 0) is 16.0 Å². The van der Waals surface area contributed by atoms with Crippen molar-refractivity contribution >= 4 is 11.9 Å². The van der Waals surface area contributed by atoms with Crippen LogP contribution in [0.4, 0.5) is 0 Å². The van der Waals surface area contributed by atoms with E-state index in [1.54, 1.807) is 0 Å². The highest BCUT2D eigenvalue weighted by Gasteiger charge is 2.36. The van der Waals surface area contributed by atoms with Gasteiger partial charge >= 0.3 is 5.97 Å². The van der Waals surface area contributed by atoms with E-state index in [1.165, 1.54) is 0 Å². The van der Waals surface area contributed by atoms with Crippen molar-refractivity contribution in [3.63, 3.8) is 0 Å². The summed E-state index contributed by atoms with van der Waals surface area (Å²) in [6.45, 7) is 6.77. The second-order valence-corrected chi connectivity index (χ2v) is 7.67. The van der Waals surface area contributed by atoms with Gasteiger partial charge in [0.25, 0.3) is 0 Å². The molecule has 1 aromatic carbocycles. The minimum atomic E-state index is -0.977. The topological polar surface area (TPSA) is 66.4 Å². The van der Waals surface area contributed by atoms with Crippen LogP contribution in [-0.4, -0.2) is 23.0 Å². The van der Waals surface area contributed by atoms with Gasteiger partial charge in [0, 0.05) is 12.3 Å². The average Bonchev–Trinajstić information content (AvgIpc) is 2.55. The number of carboxylic acid groups (broad SMARTS) is 1. The monoisotopic (exact) mass is 331 g/mol. The molecule has 24 heavy (non-hydrogen) atoms. The molecule has 4 heteroatoms. The molecule has 1 amide bonds. The summed E-state index contributed by atoms with van der Waals surface area (Å²) in [7, 11) is 0. The number of nitrogens with one attached hydrogen (secondary N) is 1. The van der Waals surface area contributed by atoms with Gasteiger partial charge in [-0.15, -0.1) is 0 Å². The number of rotatable bonds is 6. The fourth-order valence-corrected chi connectivity index (χ4v) is 3.46. The van der Waals surface area contributed by atoms with Gasteiger partial charge in [0.1, 0.15) is 6.04 Å². The molecule has 0 radical (unpaired) electrons. The van der Waals surface area contributed by atoms with E-state index in [1.807, 2.05) is 30.3 Å². The van der Waals surface area contributed by atoms with E-state index in [0.29, 0.717) is 17.8 Å². The Balaban J connectivity index is 1.93. The van der Waals surface area contributed by atoms with Crippen LogP contribution in [0.5, 0.6) is 0 Å². The fraction of sp³-hybridized carbons (Fsp3) is 0.600. The van der Waals surface area contributed by atoms with Gasteiger partial charge < -0.3 is 10.4 Å². The van der Waals surface area contributed by atoms with E-state index in [4.69, 9.17) is 0 Å². The third-order valence-electron chi connectivity index (χ3n) is 5.79. The molecule has 2 N–H and O–H groups in total. The zero-order valence-corrected chi connectivity index (χ0v) is 14.9. The Bertz CT molecular complexity index is 560. The fourth-order valence-electron chi connectivity index (χ4n) is 3.46. The quantitative estimate of drug-likeness (QED) is 0.836. The molecule has 0 aliphatic heterocycles. The first-order valence-electron chi connectivity index (χ1n) is 8.89. The Morgan fingerprint density at radius 3 is 2.29 bits per heavy atom. The Morgan fingerprint density at radius 2 is 1.79 bits per heavy atom. The number of hydrogen-bond donors (Lipinski definition) is 2. The standard InChI is InChI=1S/C20H29NO3/c1-14(2)20(3)11-9-16(10-12-20)18(22)21-17(19(23)24)13-15-7-5-4-6-8-15/h4-8,14,16-17H,9-13H2,1-3H3,(H,21,22)(H,23,24)/t16?,17-,20?/m1/s1. The van der Waals surface area contributed by atoms with E-state index in [9.17, 15) is 14.7 Å². The largest absolute Gasteiger partial charge is 0.480 e. The van der Waals surface area contributed by atoms with E-state index in [0.717, 1.165) is 31.2 Å². The Labute approximate surface area is 144 Å². The van der Waals surface area contributed by atoms with E-state index >= 15 is 0 Å². The lowest BCUT2D eigenvalue weighted by molar-refractivity contribution is -0.142. The summed E-state index contributed by atoms with van der Waals surface area (Å²) in [5.41, 5.74) is 1.22. The number of hydrogen-bond acceptors (Lipinski definition) is 2. The van der Waals surface area contributed by atoms with Gasteiger partial charge in [-0.2, -0.15) is 0 Å². The van der Waals surface area contributed by atoms with Gasteiger partial charge in [0.05, 0.1) is 0 Å². The van der Waals surface area contributed by atoms with E-state index in [2.05, 4.69) is 26.1 Å². The average molecular weight is 331 g/mol. The molecule has 0 saturated heterocycles. The van der Waals surface area contributed by atoms with E-state index < -0.39 is 12.0 Å². The second kappa shape index (κ2) is 7.82. The first kappa shape index (κ1) is 18.5. The maximum absolute atomic E-state index is 12.5. The van der Waals surface area contributed by atoms with Crippen LogP contribution >= 0.6 is 0 Å². The van der Waals surface area contributed by atoms with Crippen LogP contribution in [0.1, 0.15) is 52.0 Å². The summed E-state index contributed by atoms with van der Waals surface area (Å²) in [6.07, 6.45) is 4.06. The molecule has 1 aliphatic rings. The first-order valence-corrected chi connectivity index (χ1v) is 8.89. The molecule has 2 rings (SSSR count). The maximum Gasteiger partial charge on any atom is 0.326 e. The number of carbonyl (C=O) groups excluding carboxylic acids is 1. The number of amides is 1. The minimum absolute atomic E-state index is 0.0607. The number of aliphatic carboxylic acids is 1. The van der Waals surface area contributed by atoms with Crippen molar-refractivity contribution in [3.05, 3.63) is 35.9 Å². The molecule has 0 unspecified atom stereocenters. The molecule has 1 fully saturated rings. The highest BCUT2D eigenvalue weighted by atomic mass is 16.4. The van der Waals surface area contributed by atoms with Crippen molar-refractivity contribution in [1.29, 1.82) is 0 Å². The number of carbonyl (C=O) groups is 2. The third-order valence-corrected chi connectivity index (χ3v) is 5.79. The molecule has 0 bridgehead atoms. The first-order chi connectivity index (χ1) is 11.3. The molecule has 1 aromatic rings. The molecule has 132 valence electrons. The molecule has 1 atom stereocenters. The van der Waals surface area contributed by atoms with Crippen LogP contribution in [0.15, 0.2) is 30.3 Å². The van der Waals surface area contributed by atoms with Gasteiger partial charge in [-0.25, -0.2) is 4.79 Å². The van der Waals surface area contributed by atoms with E-state index in [-0.39, 0.29) is 11.8 Å². The van der Waals surface area contributed by atoms with Gasteiger partial charge in [0.2, 0.25) is 5.91 Å². The predicted molar refractivity (Wildman–Crippen MR) is 94.6 cm³/mol. The zero-order valence-electron chi connectivity index (χ0n) is 14.9. The highest BCUT2D eigenvalue weighted by molar-refractivity contribution is 5.85. The van der Waals surface area contributed by atoms with Gasteiger partial charge in [-0.1, -0.05) is 51.1 Å². The lowest BCUT2D eigenvalue weighted by Gasteiger charge is -2.40. The normalized spacial score (nSPS) is 25.2. The third kappa shape index (κ3) is 4.59. The zero-order chi connectivity index (χ0) is 17.7. The summed E-state index contributed by atoms with van der Waals surface area (Å²) >= 11 is 0. The second-order valence-electron chi connectivity index (χ2n) is 7.67. The molecule has 1 aliphatic carbocycles. The number of carboxylic acids is 1. The van der Waals surface area contributed by atoms with Crippen LogP contribution in [0.25, 0.3) is 0 Å². The van der Waals surface area contributed by atoms with Crippen LogP contribution in [0.3, 0.4) is 0 Å². The van der Waals surface area contributed by atoms with Crippen LogP contribution < -0.4 is 5.32 Å². The summed E-state index contributed by atoms with van der Waals surface area (Å²) in [6, 6.07) is 8.56. The van der Waals surface area contributed by atoms with Crippen molar-refractivity contribution in [3.8, 4) is 0 Å². The smallest absolute Gasteiger partial charge is 0.326 e. The Morgan fingerprint density at radius 1 is 1.21 bits per heavy atom. The molecule has 1 saturated carbocycles. The summed E-state index contributed by atoms with van der Waals surface area (Å²) in [5, 5.41) is 12.2. The lowest BCUT2D eigenvalue weighted by atomic mass is 9.66. The molecular weight excluding hydrogens is 302 g/mol. The van der Waals surface area contributed by atoms with Crippen molar-refractivity contribution in [2.45, 2.75) is 58.9 Å². The summed E-state index contributed by atoms with van der Waals surface area (Å²) < 4.78 is 0. The van der Waals surface area contributed by atoms with Crippen molar-refractivity contribution in [1.82, 2.24) is 5.32 Å². The SMILES string of the molecule is CC(C)C1(C)CCC(C(=O)N[C@H](Cc2ccccc2)C(=O)O)CC1. The van der Waals surface area contributed by atoms with Gasteiger partial charge in [0.15, 0.2) is 0 Å². The highest BCUT2D eigenvalue weighted by Crippen LogP contribution is 2.43. The Kier molecular flexibility index (Phi) is 6.03. The van der Waals surface area contributed by atoms with Crippen LogP contribution in [0.2, 0.25) is 0 Å². The van der Waals surface area contributed by atoms with Crippen molar-refractivity contribution in [2.75, 3.05) is 0 Å². The number of benzene rings is 1. The molecule has 0 aromatic heterocycles. The van der Waals surface area contributed by atoms with Gasteiger partial charge in [-0.3, -0.25) is 4.79 Å². The predicted octanol–water partition coefficient (Wildman–Crippen LogP) is 3.65. The maximum atomic E-state index is 12.5. The van der Waals surface area contributed by atoms with Crippen LogP contribution in [0, 0.1) is 17.3 Å². The Hall–Kier alpha value is -1.84. The van der Waals surface area contributed by atoms with Crippen molar-refractivity contribution in [2.24, 2.45) is 17.3 Å². The molecule has 4 nitrogen and oxygen atoms in total. The van der Waals surface area contributed by atoms with Crippen molar-refractivity contribution < 1.29 is 14.7 Å². The molecule has 0 spiro atoms. The minimum Gasteiger partial charge on any atom is -0.480 e. The van der Waals surface area contributed by atoms with Gasteiger partial charge in [-0.05, 0) is 42.6 Å².